The average molecular weight is 1110 g/mol. The van der Waals surface area contributed by atoms with Crippen LogP contribution in [0.2, 0.25) is 0 Å². The smallest absolute Gasteiger partial charge is 0.410 e. The molecular weight excluding hydrogens is 1050 g/mol. The third kappa shape index (κ3) is 9.85. The van der Waals surface area contributed by atoms with Gasteiger partial charge in [0.1, 0.15) is 5.60 Å². The lowest BCUT2D eigenvalue weighted by Crippen LogP contribution is -2.74. The van der Waals surface area contributed by atoms with Gasteiger partial charge in [0.05, 0.1) is 56.1 Å². The van der Waals surface area contributed by atoms with Gasteiger partial charge in [-0.25, -0.2) is 24.7 Å². The van der Waals surface area contributed by atoms with E-state index in [4.69, 9.17) is 14.7 Å². The Kier molecular flexibility index (Phi) is 13.1. The number of nitrogens with one attached hydrogen (secondary N) is 5. The molecule has 4 aliphatic heterocycles. The lowest BCUT2D eigenvalue weighted by molar-refractivity contribution is -0.0170. The van der Waals surface area contributed by atoms with Gasteiger partial charge in [-0.15, -0.1) is 0 Å². The summed E-state index contributed by atoms with van der Waals surface area (Å²) in [5.74, 6) is 0.423. The van der Waals surface area contributed by atoms with Crippen molar-refractivity contribution in [3.63, 3.8) is 0 Å². The number of amides is 5. The lowest BCUT2D eigenvalue weighted by Gasteiger charge is -2.51. The Labute approximate surface area is 479 Å². The normalized spacial score (nSPS) is 16.4. The van der Waals surface area contributed by atoms with E-state index in [1.165, 1.54) is 6.20 Å². The van der Waals surface area contributed by atoms with E-state index in [1.807, 2.05) is 108 Å². The standard InChI is InChI=1S/C34H35N7O4.C29H27N7O2/c1-33(2,3)45-32(44)41-18-34(19-41)13-25-26(31(43)39-34)24-11-10-21-17-36-29(38-27(21)28(24)40(25)4)22-12-23(16-35-15-22)30(42)37-14-20-8-6-5-7-9-20;1-36-22-10-29(15-31-16-29)35-28(38)23(22)21-8-7-18-14-32-26(34-24(18)25(21)36)19-9-20(13-30-12-19)27(37)33-11-17-5-3-2-4-6-17/h5-9,12,15-17H,10-11,13-14,18-19H2,1-4H3,(H,37,42)(H,39,43);2-6,9,12-14,31H,7-8,10-11,15-16H2,1H3,(H,33,37)(H,35,38). The Hall–Kier alpha value is -9.43. The summed E-state index contributed by atoms with van der Waals surface area (Å²) in [5.41, 5.74) is 14.1. The number of nitrogens with zero attached hydrogens (tertiary/aromatic N) is 9. The summed E-state index contributed by atoms with van der Waals surface area (Å²) in [6.45, 7) is 8.74. The number of hydrogen-bond donors (Lipinski definition) is 5. The van der Waals surface area contributed by atoms with Crippen molar-refractivity contribution in [2.45, 2.75) is 89.1 Å². The van der Waals surface area contributed by atoms with Crippen LogP contribution in [0, 0.1) is 0 Å². The number of pyridine rings is 2. The second-order valence-electron chi connectivity index (χ2n) is 23.6. The zero-order valence-electron chi connectivity index (χ0n) is 46.9. The number of likely N-dealkylation sites (tertiary alicyclic amines) is 1. The number of fused-ring (bicyclic) bond motifs is 10. The summed E-state index contributed by atoms with van der Waals surface area (Å²) in [5, 5.41) is 15.7. The zero-order chi connectivity index (χ0) is 57.4. The molecule has 2 aromatic carbocycles. The van der Waals surface area contributed by atoms with E-state index in [0.29, 0.717) is 84.9 Å². The molecule has 5 amide bonds. The van der Waals surface area contributed by atoms with Crippen LogP contribution >= 0.6 is 0 Å². The molecule has 83 heavy (non-hydrogen) atoms. The molecule has 2 fully saturated rings. The summed E-state index contributed by atoms with van der Waals surface area (Å²) in [6, 6.07) is 23.0. The monoisotopic (exact) mass is 1110 g/mol. The van der Waals surface area contributed by atoms with Crippen molar-refractivity contribution in [1.29, 1.82) is 0 Å². The molecular formula is C63H62N14O6. The lowest BCUT2D eigenvalue weighted by atomic mass is 9.80. The first-order valence-electron chi connectivity index (χ1n) is 28.0. The minimum Gasteiger partial charge on any atom is -0.444 e. The zero-order valence-corrected chi connectivity index (χ0v) is 46.9. The van der Waals surface area contributed by atoms with Gasteiger partial charge in [0, 0.05) is 126 Å². The first-order chi connectivity index (χ1) is 40.0. The summed E-state index contributed by atoms with van der Waals surface area (Å²) < 4.78 is 9.77. The molecule has 2 spiro atoms. The molecule has 10 heterocycles. The number of benzene rings is 2. The largest absolute Gasteiger partial charge is 0.444 e. The number of carbonyl (C=O) groups excluding carboxylic acids is 5. The van der Waals surface area contributed by atoms with Crippen LogP contribution in [0.4, 0.5) is 4.79 Å². The molecule has 20 heteroatoms. The van der Waals surface area contributed by atoms with Crippen molar-refractivity contribution in [3.8, 4) is 45.6 Å². The van der Waals surface area contributed by atoms with E-state index in [-0.39, 0.29) is 35.3 Å². The van der Waals surface area contributed by atoms with Gasteiger partial charge in [0.25, 0.3) is 23.6 Å². The fourth-order valence-electron chi connectivity index (χ4n) is 12.5. The summed E-state index contributed by atoms with van der Waals surface area (Å²) in [6.07, 6.45) is 14.1. The molecule has 2 aliphatic carbocycles. The highest BCUT2D eigenvalue weighted by Crippen LogP contribution is 2.44. The second-order valence-corrected chi connectivity index (χ2v) is 23.6. The topological polar surface area (TPSA) is 245 Å². The molecule has 20 nitrogen and oxygen atoms in total. The van der Waals surface area contributed by atoms with Crippen molar-refractivity contribution in [3.05, 3.63) is 177 Å². The minimum atomic E-state index is -0.583. The van der Waals surface area contributed by atoms with Crippen molar-refractivity contribution in [1.82, 2.24) is 70.5 Å². The molecule has 5 N–H and O–H groups in total. The Morgan fingerprint density at radius 2 is 1.07 bits per heavy atom. The van der Waals surface area contributed by atoms with E-state index in [2.05, 4.69) is 55.7 Å². The minimum absolute atomic E-state index is 0.0146. The van der Waals surface area contributed by atoms with Gasteiger partial charge in [0.15, 0.2) is 11.6 Å². The fraction of sp³-hybridized carbons (Fsp3) is 0.317. The molecule has 0 atom stereocenters. The Balaban J connectivity index is 0.000000157. The molecule has 6 aromatic heterocycles. The van der Waals surface area contributed by atoms with Gasteiger partial charge in [-0.1, -0.05) is 60.7 Å². The van der Waals surface area contributed by atoms with Crippen LogP contribution < -0.4 is 26.6 Å². The van der Waals surface area contributed by atoms with Crippen LogP contribution in [0.15, 0.2) is 110 Å². The van der Waals surface area contributed by atoms with E-state index in [0.717, 1.165) is 105 Å². The van der Waals surface area contributed by atoms with Gasteiger partial charge < -0.3 is 45.4 Å². The van der Waals surface area contributed by atoms with Crippen LogP contribution in [-0.2, 0) is 70.4 Å². The highest BCUT2D eigenvalue weighted by Gasteiger charge is 2.52. The molecule has 2 saturated heterocycles. The number of carbonyl (C=O) groups is 5. The quantitative estimate of drug-likeness (QED) is 0.117. The van der Waals surface area contributed by atoms with Crippen LogP contribution in [0.3, 0.4) is 0 Å². The molecule has 0 unspecified atom stereocenters. The first-order valence-corrected chi connectivity index (χ1v) is 28.0. The molecule has 0 saturated carbocycles. The van der Waals surface area contributed by atoms with Gasteiger partial charge in [-0.05, 0) is 92.0 Å². The van der Waals surface area contributed by atoms with Crippen molar-refractivity contribution < 1.29 is 28.7 Å². The predicted octanol–water partition coefficient (Wildman–Crippen LogP) is 6.05. The molecule has 420 valence electrons. The van der Waals surface area contributed by atoms with E-state index >= 15 is 0 Å². The number of aryl methyl sites for hydroxylation is 2. The third-order valence-corrected chi connectivity index (χ3v) is 16.6. The maximum atomic E-state index is 13.6. The van der Waals surface area contributed by atoms with Crippen LogP contribution in [0.1, 0.15) is 107 Å². The SMILES string of the molecule is Cn1c2c(c3c1-c1nc(-c4cncc(C(=O)NCc5ccccc5)c4)ncc1CC3)C(=O)NC1(C2)CN(C(=O)OC(C)(C)C)C1.Cn1c2c(c3c1-c1nc(-c4cncc(C(=O)NCc5ccccc5)c4)ncc1CC3)C(=O)NC1(CNC1)C2. The number of aromatic nitrogens is 8. The molecule has 0 radical (unpaired) electrons. The average Bonchev–Trinajstić information content (AvgIpc) is 1.94. The number of ether oxygens (including phenoxy) is 1. The predicted molar refractivity (Wildman–Crippen MR) is 308 cm³/mol. The summed E-state index contributed by atoms with van der Waals surface area (Å²) in [4.78, 5) is 94.6. The highest BCUT2D eigenvalue weighted by atomic mass is 16.6. The molecule has 14 rings (SSSR count). The highest BCUT2D eigenvalue weighted by molar-refractivity contribution is 6.03. The second kappa shape index (κ2) is 20.5. The molecule has 8 aromatic rings. The van der Waals surface area contributed by atoms with Gasteiger partial charge in [-0.2, -0.15) is 0 Å². The van der Waals surface area contributed by atoms with E-state index < -0.39 is 11.1 Å². The fourth-order valence-corrected chi connectivity index (χ4v) is 12.5. The maximum absolute atomic E-state index is 13.6. The first kappa shape index (κ1) is 52.9. The molecule has 6 aliphatic rings. The Bertz CT molecular complexity index is 3970. The van der Waals surface area contributed by atoms with E-state index in [1.54, 1.807) is 35.6 Å². The summed E-state index contributed by atoms with van der Waals surface area (Å²) in [7, 11) is 4.01. The van der Waals surface area contributed by atoms with Crippen LogP contribution in [0.25, 0.3) is 45.6 Å². The molecule has 0 bridgehead atoms. The third-order valence-electron chi connectivity index (χ3n) is 16.6. The Morgan fingerprint density at radius 3 is 1.52 bits per heavy atom. The van der Waals surface area contributed by atoms with Gasteiger partial charge in [0.2, 0.25) is 0 Å². The van der Waals surface area contributed by atoms with Gasteiger partial charge in [-0.3, -0.25) is 29.1 Å². The van der Waals surface area contributed by atoms with E-state index in [9.17, 15) is 24.0 Å². The van der Waals surface area contributed by atoms with Crippen LogP contribution in [-0.4, -0.2) is 117 Å². The maximum Gasteiger partial charge on any atom is 0.410 e. The van der Waals surface area contributed by atoms with Crippen molar-refractivity contribution >= 4 is 29.7 Å². The number of rotatable bonds is 8. The summed E-state index contributed by atoms with van der Waals surface area (Å²) >= 11 is 0. The van der Waals surface area contributed by atoms with Gasteiger partial charge >= 0.3 is 6.09 Å². The van der Waals surface area contributed by atoms with Crippen molar-refractivity contribution in [2.24, 2.45) is 14.1 Å². The number of hydrogen-bond acceptors (Lipinski definition) is 13. The van der Waals surface area contributed by atoms with Crippen molar-refractivity contribution in [2.75, 3.05) is 26.2 Å². The Morgan fingerprint density at radius 1 is 0.614 bits per heavy atom. The van der Waals surface area contributed by atoms with Crippen LogP contribution in [0.5, 0.6) is 0 Å².